The van der Waals surface area contributed by atoms with Crippen molar-refractivity contribution in [3.8, 4) is 28.7 Å². The Morgan fingerprint density at radius 3 is 2.07 bits per heavy atom. The first-order valence-electron chi connectivity index (χ1n) is 19.1. The number of hydrogen-bond donors (Lipinski definition) is 2. The second kappa shape index (κ2) is 19.4. The number of phenolic OH excluding ortho intramolecular Hbond substituents is 1. The number of methoxy groups -OCH3 is 2. The number of amides is 1. The number of unbranched alkanes of at least 4 members (excludes halogenated alkanes) is 3. The zero-order valence-electron chi connectivity index (χ0n) is 32.3. The predicted octanol–water partition coefficient (Wildman–Crippen LogP) is 7.89. The van der Waals surface area contributed by atoms with Gasteiger partial charge >= 0.3 is 5.97 Å². The van der Waals surface area contributed by atoms with Gasteiger partial charge in [0, 0.05) is 30.5 Å². The first-order chi connectivity index (χ1) is 28.4. The number of benzene rings is 5. The number of thioether (sulfide) groups is 1. The van der Waals surface area contributed by atoms with E-state index in [1.165, 1.54) is 59.3 Å². The van der Waals surface area contributed by atoms with Gasteiger partial charge < -0.3 is 29.4 Å². The highest BCUT2D eigenvalue weighted by Gasteiger charge is 2.44. The largest absolute Gasteiger partial charge is 0.502 e. The summed E-state index contributed by atoms with van der Waals surface area (Å²) in [5.41, 5.74) is 0.771. The highest BCUT2D eigenvalue weighted by Crippen LogP contribution is 2.56. The van der Waals surface area contributed by atoms with Crippen molar-refractivity contribution in [1.29, 1.82) is 0 Å². The molecule has 0 aliphatic carbocycles. The zero-order valence-corrected chi connectivity index (χ0v) is 34.9. The number of aromatic hydroxyl groups is 1. The highest BCUT2D eigenvalue weighted by molar-refractivity contribution is 8.15. The number of nitrogens with zero attached hydrogens (tertiary/aromatic N) is 2. The first kappa shape index (κ1) is 40.8. The average Bonchev–Trinajstić information content (AvgIpc) is 3.94. The molecule has 0 saturated carbocycles. The van der Waals surface area contributed by atoms with E-state index in [-0.39, 0.29) is 35.7 Å². The van der Waals surface area contributed by atoms with Crippen molar-refractivity contribution in [3.63, 3.8) is 0 Å². The summed E-state index contributed by atoms with van der Waals surface area (Å²) in [6, 6.07) is 40.8. The number of carbonyl (C=O) groups excluding carboxylic acids is 2. The van der Waals surface area contributed by atoms with Gasteiger partial charge in [0.05, 0.1) is 30.6 Å². The summed E-state index contributed by atoms with van der Waals surface area (Å²) in [7, 11) is 0.931. The maximum Gasteiger partial charge on any atom is 0.331 e. The fourth-order valence-electron chi connectivity index (χ4n) is 6.96. The van der Waals surface area contributed by atoms with Gasteiger partial charge in [-0.1, -0.05) is 61.0 Å². The molecule has 0 saturated heterocycles. The zero-order chi connectivity index (χ0) is 40.3. The third-order valence-electron chi connectivity index (χ3n) is 9.83. The molecule has 5 aromatic carbocycles. The van der Waals surface area contributed by atoms with Gasteiger partial charge in [0.25, 0.3) is 5.91 Å². The molecule has 0 unspecified atom stereocenters. The molecule has 13 heteroatoms. The van der Waals surface area contributed by atoms with Crippen LogP contribution in [0, 0.1) is 0 Å². The van der Waals surface area contributed by atoms with Crippen LogP contribution in [0.2, 0.25) is 0 Å². The number of fused-ring (bicyclic) bond motifs is 1. The van der Waals surface area contributed by atoms with Crippen LogP contribution in [-0.2, 0) is 14.3 Å². The van der Waals surface area contributed by atoms with E-state index in [0.29, 0.717) is 28.8 Å². The number of phenols is 1. The van der Waals surface area contributed by atoms with Gasteiger partial charge in [-0.05, 0) is 67.8 Å². The number of carbonyl (C=O) groups is 2. The van der Waals surface area contributed by atoms with Crippen LogP contribution in [0.1, 0.15) is 30.7 Å². The van der Waals surface area contributed by atoms with Gasteiger partial charge in [-0.3, -0.25) is 9.79 Å². The molecular weight excluding hydrogens is 790 g/mol. The predicted molar refractivity (Wildman–Crippen MR) is 236 cm³/mol. The van der Waals surface area contributed by atoms with E-state index in [0.717, 1.165) is 47.1 Å². The van der Waals surface area contributed by atoms with Crippen molar-refractivity contribution in [2.45, 2.75) is 31.7 Å². The molecule has 1 amide bonds. The highest BCUT2D eigenvalue weighted by atomic mass is 32.2. The Morgan fingerprint density at radius 1 is 0.793 bits per heavy atom. The lowest BCUT2D eigenvalue weighted by Gasteiger charge is -2.27. The third-order valence-corrected chi connectivity index (χ3v) is 16.6. The summed E-state index contributed by atoms with van der Waals surface area (Å²) in [6.07, 6.45) is 5.00. The minimum atomic E-state index is -1.86. The molecule has 1 aliphatic rings. The Morgan fingerprint density at radius 2 is 1.43 bits per heavy atom. The van der Waals surface area contributed by atoms with E-state index in [2.05, 4.69) is 106 Å². The number of esters is 1. The maximum absolute atomic E-state index is 12.8. The molecule has 0 fully saturated rings. The number of thiazole rings is 1. The molecule has 0 bridgehead atoms. The summed E-state index contributed by atoms with van der Waals surface area (Å²) < 4.78 is 23.0. The SMILES string of the molecule is COC(=O)[C@H]1CSC(c2nc3ccc(Oc4cc(OC)c(O)c(OCC(=O)NCCCCCC[P+](c5ccccc5)(c5ccccc5)c5ccccc5)c4)cc3s2)=N1. The Bertz CT molecular complexity index is 2260. The second-order valence-electron chi connectivity index (χ2n) is 13.6. The molecule has 298 valence electrons. The average molecular weight is 835 g/mol. The van der Waals surface area contributed by atoms with Crippen LogP contribution in [0.4, 0.5) is 0 Å². The topological polar surface area (TPSA) is 129 Å². The van der Waals surface area contributed by atoms with Gasteiger partial charge in [-0.15, -0.1) is 23.1 Å². The smallest absolute Gasteiger partial charge is 0.331 e. The Hall–Kier alpha value is -5.42. The fourth-order valence-corrected chi connectivity index (χ4v) is 13.5. The van der Waals surface area contributed by atoms with E-state index in [9.17, 15) is 14.7 Å². The monoisotopic (exact) mass is 834 g/mol. The number of aliphatic imine (C=N–C) groups is 1. The van der Waals surface area contributed by atoms with Crippen LogP contribution in [-0.4, -0.2) is 72.3 Å². The van der Waals surface area contributed by atoms with Crippen LogP contribution < -0.4 is 35.4 Å². The maximum atomic E-state index is 12.8. The van der Waals surface area contributed by atoms with E-state index in [1.807, 2.05) is 12.1 Å². The lowest BCUT2D eigenvalue weighted by Crippen LogP contribution is -2.33. The minimum Gasteiger partial charge on any atom is -0.502 e. The van der Waals surface area contributed by atoms with E-state index in [1.54, 1.807) is 12.1 Å². The molecular formula is C45H45N3O7PS2+. The fraction of sp³-hybridized carbons (Fsp3) is 0.244. The molecule has 10 nitrogen and oxygen atoms in total. The van der Waals surface area contributed by atoms with Crippen molar-refractivity contribution in [2.24, 2.45) is 4.99 Å². The molecule has 0 spiro atoms. The van der Waals surface area contributed by atoms with Crippen molar-refractivity contribution in [3.05, 3.63) is 126 Å². The van der Waals surface area contributed by atoms with E-state index >= 15 is 0 Å². The van der Waals surface area contributed by atoms with Crippen molar-refractivity contribution in [2.75, 3.05) is 39.3 Å². The summed E-state index contributed by atoms with van der Waals surface area (Å²) in [6.45, 7) is 0.239. The number of rotatable bonds is 18. The Balaban J connectivity index is 0.912. The Labute approximate surface area is 347 Å². The molecule has 2 N–H and O–H groups in total. The van der Waals surface area contributed by atoms with Crippen molar-refractivity contribution < 1.29 is 33.6 Å². The molecule has 1 aromatic heterocycles. The lowest BCUT2D eigenvalue weighted by molar-refractivity contribution is -0.141. The first-order valence-corrected chi connectivity index (χ1v) is 22.9. The molecule has 6 aromatic rings. The molecule has 1 aliphatic heterocycles. The summed E-state index contributed by atoms with van der Waals surface area (Å²) in [5, 5.41) is 19.3. The van der Waals surface area contributed by atoms with Crippen LogP contribution in [0.15, 0.2) is 126 Å². The number of hydrogen-bond acceptors (Lipinski definition) is 11. The van der Waals surface area contributed by atoms with Gasteiger partial charge in [-0.25, -0.2) is 9.78 Å². The molecule has 58 heavy (non-hydrogen) atoms. The number of aromatic nitrogens is 1. The lowest BCUT2D eigenvalue weighted by atomic mass is 10.2. The van der Waals surface area contributed by atoms with Crippen molar-refractivity contribution in [1.82, 2.24) is 10.3 Å². The number of ether oxygens (including phenoxy) is 4. The van der Waals surface area contributed by atoms with Crippen LogP contribution in [0.3, 0.4) is 0 Å². The van der Waals surface area contributed by atoms with Crippen LogP contribution in [0.5, 0.6) is 28.7 Å². The van der Waals surface area contributed by atoms with Crippen LogP contribution in [0.25, 0.3) is 10.2 Å². The minimum absolute atomic E-state index is 0.0594. The third kappa shape index (κ3) is 9.47. The van der Waals surface area contributed by atoms with Gasteiger partial charge in [0.1, 0.15) is 44.7 Å². The molecule has 2 heterocycles. The van der Waals surface area contributed by atoms with Crippen molar-refractivity contribution >= 4 is 73.4 Å². The summed E-state index contributed by atoms with van der Waals surface area (Å²) in [4.78, 5) is 33.9. The molecule has 7 rings (SSSR count). The van der Waals surface area contributed by atoms with Gasteiger partial charge in [0.15, 0.2) is 24.1 Å². The Kier molecular flexibility index (Phi) is 13.6. The molecule has 0 radical (unpaired) electrons. The molecule has 1 atom stereocenters. The van der Waals surface area contributed by atoms with Crippen LogP contribution >= 0.6 is 30.4 Å². The van der Waals surface area contributed by atoms with E-state index < -0.39 is 13.3 Å². The second-order valence-corrected chi connectivity index (χ2v) is 19.3. The standard InChI is InChI=1S/C45H44N3O7PS2/c1-52-38-26-32(55-31-22-23-36-40(28-31)58-44(47-36)43-48-37(30-57-43)45(51)53-2)27-39(42(38)50)54-29-41(49)46-24-14-3-4-15-25-56(33-16-8-5-9-17-33,34-18-10-6-11-19-34)35-20-12-7-13-21-35/h5-13,16-23,26-28,37H,3-4,14-15,24-25,29-30H2,1-2H3,(H-,46,49,50)/p+1/t37-/m1/s1. The number of nitrogens with one attached hydrogen (secondary N) is 1. The van der Waals surface area contributed by atoms with Gasteiger partial charge in [-0.2, -0.15) is 0 Å². The van der Waals surface area contributed by atoms with Gasteiger partial charge in [0.2, 0.25) is 5.75 Å². The normalized spacial score (nSPS) is 13.8. The summed E-state index contributed by atoms with van der Waals surface area (Å²) in [5.74, 6) is 0.716. The summed E-state index contributed by atoms with van der Waals surface area (Å²) >= 11 is 2.92. The quantitative estimate of drug-likeness (QED) is 0.0505. The van der Waals surface area contributed by atoms with E-state index in [4.69, 9.17) is 18.9 Å².